The Balaban J connectivity index is 2.39. The maximum absolute atomic E-state index is 11.7. The number of hydrogen-bond donors (Lipinski definition) is 1. The standard InChI is InChI=1S/C12H20N2O2/c1-9(13)4-7-12(15)14(3)8-11-6-5-10(2)16-11/h5-6,9H,4,7-8,13H2,1-3H3. The van der Waals surface area contributed by atoms with Crippen LogP contribution in [0.4, 0.5) is 0 Å². The molecule has 1 amide bonds. The summed E-state index contributed by atoms with van der Waals surface area (Å²) in [5, 5.41) is 0. The predicted octanol–water partition coefficient (Wildman–Crippen LogP) is 1.67. The molecule has 1 rings (SSSR count). The van der Waals surface area contributed by atoms with Crippen molar-refractivity contribution in [1.29, 1.82) is 0 Å². The molecule has 0 spiro atoms. The van der Waals surface area contributed by atoms with Gasteiger partial charge in [-0.1, -0.05) is 0 Å². The van der Waals surface area contributed by atoms with Gasteiger partial charge < -0.3 is 15.1 Å². The largest absolute Gasteiger partial charge is 0.464 e. The summed E-state index contributed by atoms with van der Waals surface area (Å²) in [6.45, 7) is 4.32. The second-order valence-corrected chi connectivity index (χ2v) is 4.28. The van der Waals surface area contributed by atoms with Gasteiger partial charge in [-0.05, 0) is 32.4 Å². The van der Waals surface area contributed by atoms with E-state index in [4.69, 9.17) is 10.2 Å². The lowest BCUT2D eigenvalue weighted by Gasteiger charge is -2.16. The van der Waals surface area contributed by atoms with E-state index in [9.17, 15) is 4.79 Å². The third-order valence-corrected chi connectivity index (χ3v) is 2.43. The number of aryl methyl sites for hydroxylation is 1. The van der Waals surface area contributed by atoms with Gasteiger partial charge >= 0.3 is 0 Å². The molecule has 0 radical (unpaired) electrons. The molecule has 0 bridgehead atoms. The Morgan fingerprint density at radius 1 is 1.56 bits per heavy atom. The van der Waals surface area contributed by atoms with Gasteiger partial charge in [0.15, 0.2) is 0 Å². The van der Waals surface area contributed by atoms with Crippen LogP contribution in [-0.2, 0) is 11.3 Å². The molecule has 1 aromatic heterocycles. The number of rotatable bonds is 5. The third-order valence-electron chi connectivity index (χ3n) is 2.43. The van der Waals surface area contributed by atoms with Crippen LogP contribution in [0.1, 0.15) is 31.3 Å². The van der Waals surface area contributed by atoms with E-state index < -0.39 is 0 Å². The van der Waals surface area contributed by atoms with Gasteiger partial charge in [-0.2, -0.15) is 0 Å². The summed E-state index contributed by atoms with van der Waals surface area (Å²) in [5.74, 6) is 1.78. The van der Waals surface area contributed by atoms with Gasteiger partial charge in [-0.15, -0.1) is 0 Å². The van der Waals surface area contributed by atoms with E-state index in [1.54, 1.807) is 11.9 Å². The number of nitrogens with zero attached hydrogens (tertiary/aromatic N) is 1. The Bertz CT molecular complexity index is 345. The van der Waals surface area contributed by atoms with E-state index >= 15 is 0 Å². The number of carbonyl (C=O) groups excluding carboxylic acids is 1. The Morgan fingerprint density at radius 3 is 2.75 bits per heavy atom. The molecule has 1 aromatic rings. The van der Waals surface area contributed by atoms with Gasteiger partial charge in [0, 0.05) is 19.5 Å². The lowest BCUT2D eigenvalue weighted by atomic mass is 10.2. The summed E-state index contributed by atoms with van der Waals surface area (Å²) in [5.41, 5.74) is 5.61. The molecule has 0 fully saturated rings. The van der Waals surface area contributed by atoms with Gasteiger partial charge in [0.05, 0.1) is 6.54 Å². The molecule has 4 heteroatoms. The number of nitrogens with two attached hydrogens (primary N) is 1. The van der Waals surface area contributed by atoms with E-state index in [2.05, 4.69) is 0 Å². The van der Waals surface area contributed by atoms with Crippen molar-refractivity contribution >= 4 is 5.91 Å². The Hall–Kier alpha value is -1.29. The van der Waals surface area contributed by atoms with E-state index in [1.165, 1.54) is 0 Å². The van der Waals surface area contributed by atoms with Crippen molar-refractivity contribution < 1.29 is 9.21 Å². The zero-order chi connectivity index (χ0) is 12.1. The maximum Gasteiger partial charge on any atom is 0.222 e. The molecule has 1 unspecified atom stereocenters. The molecule has 2 N–H and O–H groups in total. The predicted molar refractivity (Wildman–Crippen MR) is 62.8 cm³/mol. The van der Waals surface area contributed by atoms with Gasteiger partial charge in [0.25, 0.3) is 0 Å². The first kappa shape index (κ1) is 12.8. The molecule has 0 saturated heterocycles. The molecule has 0 aliphatic rings. The summed E-state index contributed by atoms with van der Waals surface area (Å²) in [7, 11) is 1.78. The molecule has 4 nitrogen and oxygen atoms in total. The minimum absolute atomic E-state index is 0.0724. The SMILES string of the molecule is Cc1ccc(CN(C)C(=O)CCC(C)N)o1. The van der Waals surface area contributed by atoms with E-state index in [0.29, 0.717) is 13.0 Å². The zero-order valence-corrected chi connectivity index (χ0v) is 10.2. The van der Waals surface area contributed by atoms with Gasteiger partial charge in [-0.25, -0.2) is 0 Å². The fourth-order valence-corrected chi connectivity index (χ4v) is 1.43. The number of amides is 1. The van der Waals surface area contributed by atoms with Crippen LogP contribution in [0.5, 0.6) is 0 Å². The lowest BCUT2D eigenvalue weighted by molar-refractivity contribution is -0.130. The third kappa shape index (κ3) is 4.06. The molecule has 0 saturated carbocycles. The normalized spacial score (nSPS) is 12.5. The maximum atomic E-state index is 11.7. The van der Waals surface area contributed by atoms with Crippen LogP contribution in [0.3, 0.4) is 0 Å². The van der Waals surface area contributed by atoms with E-state index in [0.717, 1.165) is 17.9 Å². The summed E-state index contributed by atoms with van der Waals surface area (Å²) >= 11 is 0. The fraction of sp³-hybridized carbons (Fsp3) is 0.583. The van der Waals surface area contributed by atoms with Crippen LogP contribution in [0, 0.1) is 6.92 Å². The van der Waals surface area contributed by atoms with Crippen molar-refractivity contribution in [2.45, 2.75) is 39.3 Å². The minimum Gasteiger partial charge on any atom is -0.464 e. The molecule has 0 aliphatic heterocycles. The van der Waals surface area contributed by atoms with Crippen LogP contribution in [0.2, 0.25) is 0 Å². The monoisotopic (exact) mass is 224 g/mol. The first-order valence-corrected chi connectivity index (χ1v) is 5.54. The molecule has 0 aromatic carbocycles. The zero-order valence-electron chi connectivity index (χ0n) is 10.2. The van der Waals surface area contributed by atoms with Crippen molar-refractivity contribution in [1.82, 2.24) is 4.90 Å². The van der Waals surface area contributed by atoms with Crippen molar-refractivity contribution in [3.8, 4) is 0 Å². The molecule has 1 heterocycles. The molecule has 16 heavy (non-hydrogen) atoms. The van der Waals surface area contributed by atoms with Gasteiger partial charge in [-0.3, -0.25) is 4.79 Å². The highest BCUT2D eigenvalue weighted by Crippen LogP contribution is 2.09. The second kappa shape index (κ2) is 5.70. The van der Waals surface area contributed by atoms with Crippen molar-refractivity contribution in [2.24, 2.45) is 5.73 Å². The van der Waals surface area contributed by atoms with Crippen molar-refractivity contribution in [3.05, 3.63) is 23.7 Å². The molecular formula is C12H20N2O2. The number of carbonyl (C=O) groups is 1. The Morgan fingerprint density at radius 2 is 2.25 bits per heavy atom. The molecule has 1 atom stereocenters. The van der Waals surface area contributed by atoms with Crippen LogP contribution < -0.4 is 5.73 Å². The topological polar surface area (TPSA) is 59.5 Å². The molecule has 0 aliphatic carbocycles. The summed E-state index contributed by atoms with van der Waals surface area (Å²) in [6.07, 6.45) is 1.22. The van der Waals surface area contributed by atoms with Crippen LogP contribution in [-0.4, -0.2) is 23.9 Å². The smallest absolute Gasteiger partial charge is 0.222 e. The quantitative estimate of drug-likeness (QED) is 0.827. The average molecular weight is 224 g/mol. The van der Waals surface area contributed by atoms with Crippen molar-refractivity contribution in [2.75, 3.05) is 7.05 Å². The second-order valence-electron chi connectivity index (χ2n) is 4.28. The lowest BCUT2D eigenvalue weighted by Crippen LogP contribution is -2.27. The summed E-state index contributed by atoms with van der Waals surface area (Å²) in [4.78, 5) is 13.4. The fourth-order valence-electron chi connectivity index (χ4n) is 1.43. The van der Waals surface area contributed by atoms with Gasteiger partial charge in [0.1, 0.15) is 11.5 Å². The highest BCUT2D eigenvalue weighted by Gasteiger charge is 2.11. The number of hydrogen-bond acceptors (Lipinski definition) is 3. The van der Waals surface area contributed by atoms with Crippen LogP contribution >= 0.6 is 0 Å². The van der Waals surface area contributed by atoms with Crippen LogP contribution in [0.15, 0.2) is 16.5 Å². The average Bonchev–Trinajstić information content (AvgIpc) is 2.60. The summed E-state index contributed by atoms with van der Waals surface area (Å²) < 4.78 is 5.41. The highest BCUT2D eigenvalue weighted by atomic mass is 16.3. The number of furan rings is 1. The van der Waals surface area contributed by atoms with Crippen LogP contribution in [0.25, 0.3) is 0 Å². The van der Waals surface area contributed by atoms with E-state index in [-0.39, 0.29) is 11.9 Å². The van der Waals surface area contributed by atoms with Crippen molar-refractivity contribution in [3.63, 3.8) is 0 Å². The first-order valence-electron chi connectivity index (χ1n) is 5.54. The van der Waals surface area contributed by atoms with Gasteiger partial charge in [0.2, 0.25) is 5.91 Å². The molecular weight excluding hydrogens is 204 g/mol. The first-order chi connectivity index (χ1) is 7.49. The Kier molecular flexibility index (Phi) is 4.55. The minimum atomic E-state index is 0.0724. The van der Waals surface area contributed by atoms with E-state index in [1.807, 2.05) is 26.0 Å². The Labute approximate surface area is 96.4 Å². The summed E-state index contributed by atoms with van der Waals surface area (Å²) in [6, 6.07) is 3.86. The molecule has 90 valence electrons. The highest BCUT2D eigenvalue weighted by molar-refractivity contribution is 5.75.